The van der Waals surface area contributed by atoms with Gasteiger partial charge in [-0.3, -0.25) is 14.9 Å². The summed E-state index contributed by atoms with van der Waals surface area (Å²) in [4.78, 5) is 41.6. The lowest BCUT2D eigenvalue weighted by Crippen LogP contribution is -2.21. The molecule has 0 atom stereocenters. The van der Waals surface area contributed by atoms with Crippen LogP contribution in [0, 0.1) is 17.0 Å². The largest absolute Gasteiger partial charge is 0.494 e. The Labute approximate surface area is 254 Å². The maximum absolute atomic E-state index is 13.8. The molecule has 0 aliphatic rings. The highest BCUT2D eigenvalue weighted by molar-refractivity contribution is 5.85. The van der Waals surface area contributed by atoms with Gasteiger partial charge in [0.2, 0.25) is 5.75 Å². The van der Waals surface area contributed by atoms with Crippen LogP contribution in [0.3, 0.4) is 0 Å². The standard InChI is InChI=1S/C32H34N4O8/c1-7-42-27-13-20(5)24(16-23(27)19(3)4)31-34-25-12-10-9-11-22(25)32(38)35(31)33-17-21-14-26(36(39)40)30(28(15-21)43-8-2)44-18-29(37)41-6/h9-17,19H,7-8,18H2,1-6H3. The summed E-state index contributed by atoms with van der Waals surface area (Å²) in [5, 5.41) is 16.8. The molecule has 0 bridgehead atoms. The summed E-state index contributed by atoms with van der Waals surface area (Å²) in [6.07, 6.45) is 1.31. The zero-order valence-electron chi connectivity index (χ0n) is 25.4. The van der Waals surface area contributed by atoms with Gasteiger partial charge in [-0.05, 0) is 68.1 Å². The smallest absolute Gasteiger partial charge is 0.343 e. The molecule has 4 rings (SSSR count). The number of benzene rings is 3. The first kappa shape index (κ1) is 31.7. The van der Waals surface area contributed by atoms with Crippen LogP contribution in [-0.2, 0) is 9.53 Å². The lowest BCUT2D eigenvalue weighted by atomic mass is 9.96. The van der Waals surface area contributed by atoms with Crippen LogP contribution in [0.25, 0.3) is 22.3 Å². The first-order valence-electron chi connectivity index (χ1n) is 14.1. The van der Waals surface area contributed by atoms with Gasteiger partial charge < -0.3 is 18.9 Å². The number of hydrogen-bond donors (Lipinski definition) is 0. The number of esters is 1. The molecule has 230 valence electrons. The summed E-state index contributed by atoms with van der Waals surface area (Å²) in [5.41, 5.74) is 2.34. The molecule has 44 heavy (non-hydrogen) atoms. The van der Waals surface area contributed by atoms with Gasteiger partial charge in [-0.25, -0.2) is 9.78 Å². The van der Waals surface area contributed by atoms with E-state index in [2.05, 4.69) is 23.7 Å². The molecular weight excluding hydrogens is 568 g/mol. The second-order valence-corrected chi connectivity index (χ2v) is 10.0. The van der Waals surface area contributed by atoms with Crippen molar-refractivity contribution in [2.75, 3.05) is 26.9 Å². The van der Waals surface area contributed by atoms with Crippen molar-refractivity contribution >= 4 is 28.8 Å². The average Bonchev–Trinajstić information content (AvgIpc) is 2.99. The molecule has 1 aromatic heterocycles. The summed E-state index contributed by atoms with van der Waals surface area (Å²) in [7, 11) is 1.18. The van der Waals surface area contributed by atoms with Crippen molar-refractivity contribution < 1.29 is 28.7 Å². The minimum absolute atomic E-state index is 0.0280. The maximum Gasteiger partial charge on any atom is 0.343 e. The second-order valence-electron chi connectivity index (χ2n) is 10.0. The quantitative estimate of drug-likeness (QED) is 0.0871. The van der Waals surface area contributed by atoms with Gasteiger partial charge in [0.05, 0.1) is 42.4 Å². The number of fused-ring (bicyclic) bond motifs is 1. The van der Waals surface area contributed by atoms with Gasteiger partial charge in [0, 0.05) is 17.2 Å². The summed E-state index contributed by atoms with van der Waals surface area (Å²) in [6.45, 7) is 9.75. The Balaban J connectivity index is 1.92. The van der Waals surface area contributed by atoms with Gasteiger partial charge in [0.25, 0.3) is 5.56 Å². The van der Waals surface area contributed by atoms with Crippen LogP contribution in [0.2, 0.25) is 0 Å². The number of aromatic nitrogens is 2. The molecular formula is C32H34N4O8. The Bertz CT molecular complexity index is 1800. The van der Waals surface area contributed by atoms with E-state index in [9.17, 15) is 19.7 Å². The number of nitro groups is 1. The summed E-state index contributed by atoms with van der Waals surface area (Å²) < 4.78 is 22.7. The van der Waals surface area contributed by atoms with E-state index in [0.29, 0.717) is 28.9 Å². The topological polar surface area (TPSA) is 144 Å². The fourth-order valence-electron chi connectivity index (χ4n) is 4.62. The molecule has 0 saturated heterocycles. The number of methoxy groups -OCH3 is 1. The molecule has 0 unspecified atom stereocenters. The van der Waals surface area contributed by atoms with E-state index in [4.69, 9.17) is 19.2 Å². The van der Waals surface area contributed by atoms with E-state index in [-0.39, 0.29) is 29.6 Å². The minimum atomic E-state index is -0.715. The third-order valence-corrected chi connectivity index (χ3v) is 6.71. The van der Waals surface area contributed by atoms with Gasteiger partial charge in [0.15, 0.2) is 18.2 Å². The van der Waals surface area contributed by atoms with Gasteiger partial charge in [-0.15, -0.1) is 0 Å². The molecule has 1 heterocycles. The Hall–Kier alpha value is -5.26. The highest BCUT2D eigenvalue weighted by Crippen LogP contribution is 2.38. The summed E-state index contributed by atoms with van der Waals surface area (Å²) >= 11 is 0. The van der Waals surface area contributed by atoms with Gasteiger partial charge in [0.1, 0.15) is 5.75 Å². The second kappa shape index (κ2) is 13.8. The zero-order valence-corrected chi connectivity index (χ0v) is 25.4. The number of rotatable bonds is 12. The van der Waals surface area contributed by atoms with Gasteiger partial charge >= 0.3 is 11.7 Å². The number of hydrogen-bond acceptors (Lipinski definition) is 10. The highest BCUT2D eigenvalue weighted by Gasteiger charge is 2.24. The van der Waals surface area contributed by atoms with E-state index in [0.717, 1.165) is 16.9 Å². The first-order chi connectivity index (χ1) is 21.1. The van der Waals surface area contributed by atoms with Crippen molar-refractivity contribution in [3.05, 3.63) is 85.7 Å². The highest BCUT2D eigenvalue weighted by atomic mass is 16.6. The molecule has 0 fully saturated rings. The van der Waals surface area contributed by atoms with Crippen LogP contribution in [0.4, 0.5) is 5.69 Å². The van der Waals surface area contributed by atoms with Crippen molar-refractivity contribution in [1.29, 1.82) is 0 Å². The first-order valence-corrected chi connectivity index (χ1v) is 14.1. The predicted molar refractivity (Wildman–Crippen MR) is 166 cm³/mol. The van der Waals surface area contributed by atoms with Crippen LogP contribution in [-0.4, -0.2) is 53.7 Å². The molecule has 12 heteroatoms. The average molecular weight is 603 g/mol. The van der Waals surface area contributed by atoms with Crippen LogP contribution < -0.4 is 19.8 Å². The van der Waals surface area contributed by atoms with E-state index in [1.807, 2.05) is 26.0 Å². The maximum atomic E-state index is 13.8. The third-order valence-electron chi connectivity index (χ3n) is 6.71. The number of nitro benzene ring substituents is 1. The number of para-hydroxylation sites is 1. The van der Waals surface area contributed by atoms with Gasteiger partial charge in [-0.2, -0.15) is 9.78 Å². The van der Waals surface area contributed by atoms with Gasteiger partial charge in [-0.1, -0.05) is 26.0 Å². The van der Waals surface area contributed by atoms with Crippen molar-refractivity contribution in [3.8, 4) is 28.6 Å². The number of nitrogens with zero attached hydrogens (tertiary/aromatic N) is 4. The fourth-order valence-corrected chi connectivity index (χ4v) is 4.62. The van der Waals surface area contributed by atoms with E-state index < -0.39 is 28.7 Å². The summed E-state index contributed by atoms with van der Waals surface area (Å²) in [5.74, 6) is 0.263. The SMILES string of the molecule is CCOc1cc(C)c(-c2nc3ccccc3c(=O)n2N=Cc2cc(OCC)c(OCC(=O)OC)c([N+](=O)[O-])c2)cc1C(C)C. The molecule has 0 N–H and O–H groups in total. The van der Waals surface area contributed by atoms with Crippen LogP contribution in [0.5, 0.6) is 17.2 Å². The van der Waals surface area contributed by atoms with Crippen molar-refractivity contribution in [2.45, 2.75) is 40.5 Å². The van der Waals surface area contributed by atoms with Crippen LogP contribution in [0.15, 0.2) is 58.4 Å². The molecule has 3 aromatic carbocycles. The molecule has 0 spiro atoms. The van der Waals surface area contributed by atoms with E-state index >= 15 is 0 Å². The van der Waals surface area contributed by atoms with Crippen molar-refractivity contribution in [3.63, 3.8) is 0 Å². The Morgan fingerprint density at radius 3 is 2.43 bits per heavy atom. The van der Waals surface area contributed by atoms with Crippen molar-refractivity contribution in [1.82, 2.24) is 9.66 Å². The van der Waals surface area contributed by atoms with Crippen LogP contribution in [0.1, 0.15) is 50.3 Å². The normalized spacial score (nSPS) is 11.2. The number of ether oxygens (including phenoxy) is 4. The van der Waals surface area contributed by atoms with E-state index in [1.54, 1.807) is 31.2 Å². The monoisotopic (exact) mass is 602 g/mol. The molecule has 4 aromatic rings. The minimum Gasteiger partial charge on any atom is -0.494 e. The summed E-state index contributed by atoms with van der Waals surface area (Å²) in [6, 6.07) is 13.5. The molecule has 0 aliphatic carbocycles. The molecule has 12 nitrogen and oxygen atoms in total. The van der Waals surface area contributed by atoms with Crippen molar-refractivity contribution in [2.24, 2.45) is 5.10 Å². The zero-order chi connectivity index (χ0) is 32.0. The Morgan fingerprint density at radius 1 is 1.07 bits per heavy atom. The molecule has 0 aliphatic heterocycles. The lowest BCUT2D eigenvalue weighted by molar-refractivity contribution is -0.385. The lowest BCUT2D eigenvalue weighted by Gasteiger charge is -2.18. The van der Waals surface area contributed by atoms with E-state index in [1.165, 1.54) is 30.1 Å². The van der Waals surface area contributed by atoms with Crippen LogP contribution >= 0.6 is 0 Å². The molecule has 0 saturated carbocycles. The molecule has 0 radical (unpaired) electrons. The fraction of sp³-hybridized carbons (Fsp3) is 0.312. The Kier molecular flexibility index (Phi) is 9.94. The number of carbonyl (C=O) groups excluding carboxylic acids is 1. The Morgan fingerprint density at radius 2 is 1.77 bits per heavy atom. The third kappa shape index (κ3) is 6.69. The number of carbonyl (C=O) groups is 1. The number of aryl methyl sites for hydroxylation is 1. The molecule has 0 amide bonds. The predicted octanol–water partition coefficient (Wildman–Crippen LogP) is 5.63.